The van der Waals surface area contributed by atoms with Crippen LogP contribution in [0.1, 0.15) is 6.92 Å². The van der Waals surface area contributed by atoms with Crippen LogP contribution in [0.5, 0.6) is 0 Å². The summed E-state index contributed by atoms with van der Waals surface area (Å²) in [5.74, 6) is 0.953. The monoisotopic (exact) mass is 237 g/mol. The predicted molar refractivity (Wildman–Crippen MR) is 59.0 cm³/mol. The summed E-state index contributed by atoms with van der Waals surface area (Å²) in [7, 11) is 0. The number of hydrogen-bond donors (Lipinski definition) is 1. The van der Waals surface area contributed by atoms with Gasteiger partial charge in [0.05, 0.1) is 6.26 Å². The first kappa shape index (κ1) is 10.6. The number of hydrogen-bond acceptors (Lipinski definition) is 4. The van der Waals surface area contributed by atoms with Crippen molar-refractivity contribution in [2.24, 2.45) is 0 Å². The van der Waals surface area contributed by atoms with Crippen LogP contribution in [0.15, 0.2) is 28.9 Å². The minimum absolute atomic E-state index is 0.222. The zero-order valence-electron chi connectivity index (χ0n) is 8.40. The Morgan fingerprint density at radius 1 is 1.50 bits per heavy atom. The van der Waals surface area contributed by atoms with Crippen molar-refractivity contribution in [3.63, 3.8) is 0 Å². The van der Waals surface area contributed by atoms with E-state index >= 15 is 0 Å². The molecule has 0 atom stereocenters. The topological polar surface area (TPSA) is 68.0 Å². The number of carbonyl (C=O) groups is 1. The van der Waals surface area contributed by atoms with Crippen LogP contribution >= 0.6 is 11.6 Å². The van der Waals surface area contributed by atoms with Gasteiger partial charge < -0.3 is 9.73 Å². The van der Waals surface area contributed by atoms with Crippen molar-refractivity contribution in [3.05, 3.63) is 29.6 Å². The van der Waals surface area contributed by atoms with Gasteiger partial charge in [-0.15, -0.1) is 0 Å². The molecular weight excluding hydrogens is 230 g/mol. The largest absolute Gasteiger partial charge is 0.461 e. The molecule has 6 heteroatoms. The third-order valence-electron chi connectivity index (χ3n) is 1.74. The van der Waals surface area contributed by atoms with Gasteiger partial charge in [-0.25, -0.2) is 9.97 Å². The van der Waals surface area contributed by atoms with E-state index in [9.17, 15) is 4.79 Å². The lowest BCUT2D eigenvalue weighted by Gasteiger charge is -2.03. The molecule has 0 saturated heterocycles. The molecule has 0 fully saturated rings. The molecule has 0 aliphatic rings. The van der Waals surface area contributed by atoms with Gasteiger partial charge in [0.1, 0.15) is 11.0 Å². The fourth-order valence-corrected chi connectivity index (χ4v) is 1.36. The average molecular weight is 238 g/mol. The van der Waals surface area contributed by atoms with Crippen molar-refractivity contribution < 1.29 is 9.21 Å². The fraction of sp³-hybridized carbons (Fsp3) is 0.100. The molecule has 0 bridgehead atoms. The van der Waals surface area contributed by atoms with Crippen LogP contribution in [0, 0.1) is 0 Å². The smallest absolute Gasteiger partial charge is 0.222 e. The highest BCUT2D eigenvalue weighted by Crippen LogP contribution is 2.20. The van der Waals surface area contributed by atoms with E-state index in [1.165, 1.54) is 19.3 Å². The van der Waals surface area contributed by atoms with Gasteiger partial charge in [-0.1, -0.05) is 11.6 Å². The molecule has 5 nitrogen and oxygen atoms in total. The summed E-state index contributed by atoms with van der Waals surface area (Å²) in [5, 5.41) is 2.77. The maximum absolute atomic E-state index is 10.9. The highest BCUT2D eigenvalue weighted by atomic mass is 35.5. The molecule has 0 aromatic carbocycles. The summed E-state index contributed by atoms with van der Waals surface area (Å²) in [6.07, 6.45) is 1.51. The zero-order chi connectivity index (χ0) is 11.5. The zero-order valence-corrected chi connectivity index (χ0v) is 9.15. The van der Waals surface area contributed by atoms with E-state index in [0.717, 1.165) is 0 Å². The summed E-state index contributed by atoms with van der Waals surface area (Å²) in [6.45, 7) is 1.39. The number of rotatable bonds is 2. The summed E-state index contributed by atoms with van der Waals surface area (Å²) in [4.78, 5) is 19.0. The highest BCUT2D eigenvalue weighted by molar-refractivity contribution is 6.29. The van der Waals surface area contributed by atoms with Crippen LogP contribution in [0.3, 0.4) is 0 Å². The number of furan rings is 1. The number of halogens is 1. The lowest BCUT2D eigenvalue weighted by molar-refractivity contribution is -0.114. The van der Waals surface area contributed by atoms with Gasteiger partial charge in [0.25, 0.3) is 0 Å². The molecule has 1 N–H and O–H groups in total. The summed E-state index contributed by atoms with van der Waals surface area (Å²) < 4.78 is 5.14. The van der Waals surface area contributed by atoms with Gasteiger partial charge in [0, 0.05) is 13.0 Å². The molecule has 2 heterocycles. The Kier molecular flexibility index (Phi) is 2.87. The first-order valence-corrected chi connectivity index (χ1v) is 4.89. The maximum atomic E-state index is 10.9. The minimum atomic E-state index is -0.222. The SMILES string of the molecule is CC(=O)Nc1cc(Cl)nc(-c2ccco2)n1. The fourth-order valence-electron chi connectivity index (χ4n) is 1.18. The first-order valence-electron chi connectivity index (χ1n) is 4.51. The van der Waals surface area contributed by atoms with E-state index in [4.69, 9.17) is 16.0 Å². The van der Waals surface area contributed by atoms with E-state index in [2.05, 4.69) is 15.3 Å². The molecule has 2 aromatic heterocycles. The minimum Gasteiger partial charge on any atom is -0.461 e. The molecule has 82 valence electrons. The molecule has 0 saturated carbocycles. The molecule has 2 rings (SSSR count). The lowest BCUT2D eigenvalue weighted by atomic mass is 10.4. The molecule has 0 radical (unpaired) electrons. The second-order valence-corrected chi connectivity index (χ2v) is 3.45. The Bertz CT molecular complexity index is 511. The van der Waals surface area contributed by atoms with Gasteiger partial charge in [0.15, 0.2) is 11.6 Å². The van der Waals surface area contributed by atoms with Crippen LogP contribution in [-0.2, 0) is 4.79 Å². The van der Waals surface area contributed by atoms with Crippen LogP contribution in [0.4, 0.5) is 5.82 Å². The van der Waals surface area contributed by atoms with Crippen LogP contribution in [-0.4, -0.2) is 15.9 Å². The lowest BCUT2D eigenvalue weighted by Crippen LogP contribution is -2.08. The van der Waals surface area contributed by atoms with Crippen molar-refractivity contribution in [1.82, 2.24) is 9.97 Å². The Morgan fingerprint density at radius 2 is 2.31 bits per heavy atom. The number of nitrogens with one attached hydrogen (secondary N) is 1. The molecular formula is C10H8ClN3O2. The van der Waals surface area contributed by atoms with Crippen molar-refractivity contribution in [2.45, 2.75) is 6.92 Å². The van der Waals surface area contributed by atoms with Crippen molar-refractivity contribution in [1.29, 1.82) is 0 Å². The highest BCUT2D eigenvalue weighted by Gasteiger charge is 2.08. The summed E-state index contributed by atoms with van der Waals surface area (Å²) >= 11 is 5.81. The molecule has 16 heavy (non-hydrogen) atoms. The van der Waals surface area contributed by atoms with E-state index in [1.54, 1.807) is 12.1 Å². The van der Waals surface area contributed by atoms with Gasteiger partial charge in [-0.2, -0.15) is 0 Å². The third kappa shape index (κ3) is 2.38. The normalized spacial score (nSPS) is 10.1. The predicted octanol–water partition coefficient (Wildman–Crippen LogP) is 2.35. The Hall–Kier alpha value is -1.88. The molecule has 0 unspecified atom stereocenters. The quantitative estimate of drug-likeness (QED) is 0.814. The Labute approximate surface area is 96.5 Å². The number of anilines is 1. The molecule has 1 amide bonds. The summed E-state index contributed by atoms with van der Waals surface area (Å²) in [5.41, 5.74) is 0. The van der Waals surface area contributed by atoms with E-state index in [1.807, 2.05) is 0 Å². The van der Waals surface area contributed by atoms with Crippen LogP contribution in [0.2, 0.25) is 5.15 Å². The number of nitrogens with zero attached hydrogens (tertiary/aromatic N) is 2. The van der Waals surface area contributed by atoms with Crippen molar-refractivity contribution in [3.8, 4) is 11.6 Å². The Balaban J connectivity index is 2.40. The van der Waals surface area contributed by atoms with E-state index in [0.29, 0.717) is 17.4 Å². The molecule has 0 spiro atoms. The third-order valence-corrected chi connectivity index (χ3v) is 1.93. The number of aromatic nitrogens is 2. The van der Waals surface area contributed by atoms with Gasteiger partial charge in [0.2, 0.25) is 5.91 Å². The molecule has 0 aliphatic heterocycles. The van der Waals surface area contributed by atoms with Gasteiger partial charge in [-0.3, -0.25) is 4.79 Å². The van der Waals surface area contributed by atoms with Crippen LogP contribution in [0.25, 0.3) is 11.6 Å². The number of amides is 1. The Morgan fingerprint density at radius 3 is 2.94 bits per heavy atom. The first-order chi connectivity index (χ1) is 7.65. The van der Waals surface area contributed by atoms with E-state index in [-0.39, 0.29) is 11.1 Å². The van der Waals surface area contributed by atoms with Crippen LogP contribution < -0.4 is 5.32 Å². The van der Waals surface area contributed by atoms with Gasteiger partial charge >= 0.3 is 0 Å². The van der Waals surface area contributed by atoms with Gasteiger partial charge in [-0.05, 0) is 12.1 Å². The second kappa shape index (κ2) is 4.32. The van der Waals surface area contributed by atoms with Crippen molar-refractivity contribution >= 4 is 23.3 Å². The average Bonchev–Trinajstić information content (AvgIpc) is 2.67. The second-order valence-electron chi connectivity index (χ2n) is 3.06. The number of carbonyl (C=O) groups excluding carboxylic acids is 1. The standard InChI is InChI=1S/C10H8ClN3O2/c1-6(15)12-9-5-8(11)13-10(14-9)7-3-2-4-16-7/h2-5H,1H3,(H,12,13,14,15). The summed E-state index contributed by atoms with van der Waals surface area (Å²) in [6, 6.07) is 4.90. The van der Waals surface area contributed by atoms with E-state index < -0.39 is 0 Å². The molecule has 0 aliphatic carbocycles. The van der Waals surface area contributed by atoms with Crippen molar-refractivity contribution in [2.75, 3.05) is 5.32 Å². The maximum Gasteiger partial charge on any atom is 0.222 e. The molecule has 2 aromatic rings.